The zero-order valence-corrected chi connectivity index (χ0v) is 10.8. The summed E-state index contributed by atoms with van der Waals surface area (Å²) in [5.74, 6) is 0.957. The van der Waals surface area contributed by atoms with Crippen molar-refractivity contribution >= 4 is 11.6 Å². The minimum atomic E-state index is -0.142. The summed E-state index contributed by atoms with van der Waals surface area (Å²) in [7, 11) is 0. The number of nitrogen functional groups attached to an aromatic ring is 1. The average molecular weight is 248 g/mol. The Morgan fingerprint density at radius 3 is 2.67 bits per heavy atom. The van der Waals surface area contributed by atoms with Crippen LogP contribution in [-0.2, 0) is 0 Å². The van der Waals surface area contributed by atoms with Gasteiger partial charge in [0, 0.05) is 11.6 Å². The third-order valence-corrected chi connectivity index (χ3v) is 4.07. The van der Waals surface area contributed by atoms with E-state index in [9.17, 15) is 9.90 Å². The van der Waals surface area contributed by atoms with E-state index in [4.69, 9.17) is 5.73 Å². The molecule has 0 spiro atoms. The number of phenolic OH excluding ortho intramolecular Hbond substituents is 1. The van der Waals surface area contributed by atoms with Gasteiger partial charge in [-0.15, -0.1) is 0 Å². The molecular weight excluding hydrogens is 228 g/mol. The molecule has 0 saturated heterocycles. The van der Waals surface area contributed by atoms with Crippen molar-refractivity contribution in [2.45, 2.75) is 32.7 Å². The van der Waals surface area contributed by atoms with Crippen molar-refractivity contribution in [2.24, 2.45) is 11.8 Å². The standard InChI is InChI=1S/C14H20N2O2/c1-8-3-6-12(9(8)2)16-14(18)10-4-5-11(15)13(17)7-10/h4-5,7-9,12,17H,3,6,15H2,1-2H3,(H,16,18). The minimum Gasteiger partial charge on any atom is -0.506 e. The lowest BCUT2D eigenvalue weighted by Crippen LogP contribution is -2.37. The fraction of sp³-hybridized carbons (Fsp3) is 0.500. The van der Waals surface area contributed by atoms with Gasteiger partial charge in [-0.3, -0.25) is 4.79 Å². The normalized spacial score (nSPS) is 27.1. The summed E-state index contributed by atoms with van der Waals surface area (Å²) in [5.41, 5.74) is 6.25. The summed E-state index contributed by atoms with van der Waals surface area (Å²) in [6.07, 6.45) is 2.17. The molecule has 1 aromatic rings. The molecule has 4 heteroatoms. The quantitative estimate of drug-likeness (QED) is 0.554. The van der Waals surface area contributed by atoms with Crippen LogP contribution in [-0.4, -0.2) is 17.1 Å². The van der Waals surface area contributed by atoms with Gasteiger partial charge in [0.15, 0.2) is 0 Å². The number of aromatic hydroxyl groups is 1. The fourth-order valence-electron chi connectivity index (χ4n) is 2.51. The second-order valence-corrected chi connectivity index (χ2v) is 5.27. The van der Waals surface area contributed by atoms with Crippen LogP contribution in [0.15, 0.2) is 18.2 Å². The molecule has 3 atom stereocenters. The van der Waals surface area contributed by atoms with Gasteiger partial charge in [-0.05, 0) is 42.9 Å². The first-order valence-corrected chi connectivity index (χ1v) is 6.38. The first kappa shape index (κ1) is 12.7. The maximum absolute atomic E-state index is 12.1. The van der Waals surface area contributed by atoms with Gasteiger partial charge in [0.25, 0.3) is 5.91 Å². The average Bonchev–Trinajstić information content (AvgIpc) is 2.64. The predicted octanol–water partition coefficient (Wildman–Crippen LogP) is 2.14. The maximum atomic E-state index is 12.1. The first-order chi connectivity index (χ1) is 8.49. The van der Waals surface area contributed by atoms with E-state index in [0.29, 0.717) is 17.4 Å². The number of nitrogens with two attached hydrogens (primary N) is 1. The summed E-state index contributed by atoms with van der Waals surface area (Å²) in [5, 5.41) is 12.5. The van der Waals surface area contributed by atoms with Crippen molar-refractivity contribution in [3.05, 3.63) is 23.8 Å². The van der Waals surface area contributed by atoms with Gasteiger partial charge < -0.3 is 16.2 Å². The van der Waals surface area contributed by atoms with Gasteiger partial charge in [0.1, 0.15) is 5.75 Å². The lowest BCUT2D eigenvalue weighted by molar-refractivity contribution is 0.0927. The molecule has 1 saturated carbocycles. The molecule has 18 heavy (non-hydrogen) atoms. The second-order valence-electron chi connectivity index (χ2n) is 5.27. The summed E-state index contributed by atoms with van der Waals surface area (Å²) >= 11 is 0. The number of phenols is 1. The van der Waals surface area contributed by atoms with Gasteiger partial charge in [-0.1, -0.05) is 13.8 Å². The van der Waals surface area contributed by atoms with E-state index in [1.807, 2.05) is 0 Å². The molecule has 4 nitrogen and oxygen atoms in total. The van der Waals surface area contributed by atoms with E-state index in [1.54, 1.807) is 12.1 Å². The lowest BCUT2D eigenvalue weighted by atomic mass is 9.97. The van der Waals surface area contributed by atoms with Crippen LogP contribution >= 0.6 is 0 Å². The zero-order chi connectivity index (χ0) is 13.3. The Kier molecular flexibility index (Phi) is 3.45. The van der Waals surface area contributed by atoms with Crippen LogP contribution in [0.2, 0.25) is 0 Å². The van der Waals surface area contributed by atoms with Crippen molar-refractivity contribution in [1.29, 1.82) is 0 Å². The SMILES string of the molecule is CC1CCC(NC(=O)c2ccc(N)c(O)c2)C1C. The molecule has 1 amide bonds. The van der Waals surface area contributed by atoms with Crippen molar-refractivity contribution in [1.82, 2.24) is 5.32 Å². The lowest BCUT2D eigenvalue weighted by Gasteiger charge is -2.19. The molecule has 1 aromatic carbocycles. The number of carbonyl (C=O) groups excluding carboxylic acids is 1. The maximum Gasteiger partial charge on any atom is 0.251 e. The van der Waals surface area contributed by atoms with Gasteiger partial charge >= 0.3 is 0 Å². The number of hydrogen-bond acceptors (Lipinski definition) is 3. The zero-order valence-electron chi connectivity index (χ0n) is 10.8. The number of hydrogen-bond donors (Lipinski definition) is 3. The molecule has 3 unspecified atom stereocenters. The van der Waals surface area contributed by atoms with Crippen LogP contribution in [0.1, 0.15) is 37.0 Å². The topological polar surface area (TPSA) is 75.4 Å². The molecule has 0 heterocycles. The molecule has 1 aliphatic rings. The molecule has 0 radical (unpaired) electrons. The van der Waals surface area contributed by atoms with Crippen LogP contribution in [0.4, 0.5) is 5.69 Å². The monoisotopic (exact) mass is 248 g/mol. The summed E-state index contributed by atoms with van der Waals surface area (Å²) in [6.45, 7) is 4.38. The van der Waals surface area contributed by atoms with E-state index in [0.717, 1.165) is 12.8 Å². The Hall–Kier alpha value is -1.71. The molecule has 0 aliphatic heterocycles. The highest BCUT2D eigenvalue weighted by Gasteiger charge is 2.30. The van der Waals surface area contributed by atoms with E-state index in [2.05, 4.69) is 19.2 Å². The molecule has 0 aromatic heterocycles. The van der Waals surface area contributed by atoms with Crippen LogP contribution in [0.5, 0.6) is 5.75 Å². The number of anilines is 1. The van der Waals surface area contributed by atoms with Gasteiger partial charge in [-0.2, -0.15) is 0 Å². The number of amides is 1. The van der Waals surface area contributed by atoms with E-state index in [1.165, 1.54) is 6.07 Å². The third-order valence-electron chi connectivity index (χ3n) is 4.07. The van der Waals surface area contributed by atoms with Crippen LogP contribution in [0.25, 0.3) is 0 Å². The van der Waals surface area contributed by atoms with Crippen molar-refractivity contribution in [3.8, 4) is 5.75 Å². The van der Waals surface area contributed by atoms with Gasteiger partial charge in [-0.25, -0.2) is 0 Å². The first-order valence-electron chi connectivity index (χ1n) is 6.38. The highest BCUT2D eigenvalue weighted by molar-refractivity contribution is 5.95. The molecule has 0 bridgehead atoms. The number of nitrogens with one attached hydrogen (secondary N) is 1. The Bertz CT molecular complexity index is 459. The van der Waals surface area contributed by atoms with Crippen molar-refractivity contribution < 1.29 is 9.90 Å². The Labute approximate surface area is 107 Å². The highest BCUT2D eigenvalue weighted by atomic mass is 16.3. The summed E-state index contributed by atoms with van der Waals surface area (Å²) < 4.78 is 0. The van der Waals surface area contributed by atoms with Crippen LogP contribution in [0.3, 0.4) is 0 Å². The highest BCUT2D eigenvalue weighted by Crippen LogP contribution is 2.31. The number of carbonyl (C=O) groups is 1. The molecule has 1 fully saturated rings. The van der Waals surface area contributed by atoms with E-state index < -0.39 is 0 Å². The second kappa shape index (κ2) is 4.88. The number of benzene rings is 1. The largest absolute Gasteiger partial charge is 0.506 e. The molecule has 2 rings (SSSR count). The minimum absolute atomic E-state index is 0.0458. The smallest absolute Gasteiger partial charge is 0.251 e. The molecule has 98 valence electrons. The Morgan fingerprint density at radius 2 is 2.11 bits per heavy atom. The Balaban J connectivity index is 2.06. The van der Waals surface area contributed by atoms with Crippen LogP contribution in [0, 0.1) is 11.8 Å². The third kappa shape index (κ3) is 2.42. The predicted molar refractivity (Wildman–Crippen MR) is 71.3 cm³/mol. The fourth-order valence-corrected chi connectivity index (χ4v) is 2.51. The summed E-state index contributed by atoms with van der Waals surface area (Å²) in [4.78, 5) is 12.1. The molecule has 4 N–H and O–H groups in total. The van der Waals surface area contributed by atoms with Gasteiger partial charge in [0.05, 0.1) is 5.69 Å². The molecule has 1 aliphatic carbocycles. The summed E-state index contributed by atoms with van der Waals surface area (Å²) in [6, 6.07) is 4.82. The van der Waals surface area contributed by atoms with E-state index in [-0.39, 0.29) is 23.4 Å². The van der Waals surface area contributed by atoms with E-state index >= 15 is 0 Å². The molecular formula is C14H20N2O2. The van der Waals surface area contributed by atoms with Gasteiger partial charge in [0.2, 0.25) is 0 Å². The Morgan fingerprint density at radius 1 is 1.39 bits per heavy atom. The van der Waals surface area contributed by atoms with Crippen molar-refractivity contribution in [2.75, 3.05) is 5.73 Å². The van der Waals surface area contributed by atoms with Crippen molar-refractivity contribution in [3.63, 3.8) is 0 Å². The van der Waals surface area contributed by atoms with Crippen LogP contribution < -0.4 is 11.1 Å². The number of rotatable bonds is 2.